The van der Waals surface area contributed by atoms with E-state index >= 15 is 0 Å². The Morgan fingerprint density at radius 1 is 1.44 bits per heavy atom. The molecule has 84 valence electrons. The number of nitriles is 1. The minimum atomic E-state index is -0.206. The lowest BCUT2D eigenvalue weighted by Crippen LogP contribution is -2.32. The summed E-state index contributed by atoms with van der Waals surface area (Å²) in [4.78, 5) is 2.20. The maximum atomic E-state index is 12.7. The highest BCUT2D eigenvalue weighted by molar-refractivity contribution is 5.47. The Hall–Kier alpha value is -1.60. The fraction of sp³-hybridized carbons (Fsp3) is 0.417. The van der Waals surface area contributed by atoms with E-state index in [1.165, 1.54) is 12.1 Å². The summed E-state index contributed by atoms with van der Waals surface area (Å²) >= 11 is 0. The van der Waals surface area contributed by atoms with Gasteiger partial charge in [-0.1, -0.05) is 0 Å². The van der Waals surface area contributed by atoms with E-state index < -0.39 is 0 Å². The van der Waals surface area contributed by atoms with Gasteiger partial charge in [0, 0.05) is 24.8 Å². The summed E-state index contributed by atoms with van der Waals surface area (Å²) in [7, 11) is 0. The molecule has 1 heterocycles. The van der Waals surface area contributed by atoms with Crippen molar-refractivity contribution in [1.29, 1.82) is 5.26 Å². The zero-order valence-corrected chi connectivity index (χ0v) is 8.99. The molecule has 1 aromatic carbocycles. The van der Waals surface area contributed by atoms with Crippen LogP contribution < -0.4 is 10.2 Å². The summed E-state index contributed by atoms with van der Waals surface area (Å²) < 4.78 is 12.7. The van der Waals surface area contributed by atoms with E-state index in [0.29, 0.717) is 12.6 Å². The van der Waals surface area contributed by atoms with Crippen LogP contribution in [0, 0.1) is 17.1 Å². The molecule has 0 bridgehead atoms. The number of hydrogen-bond acceptors (Lipinski definition) is 3. The standard InChI is InChI=1S/C12H14FN3/c13-10-1-3-12(4-2-10)16-8-5-11(9-16)15-7-6-14/h1-4,11,15H,5,7-9H2. The third-order valence-corrected chi connectivity index (χ3v) is 2.85. The van der Waals surface area contributed by atoms with E-state index in [1.54, 1.807) is 12.1 Å². The molecule has 4 heteroatoms. The largest absolute Gasteiger partial charge is 0.370 e. The van der Waals surface area contributed by atoms with Crippen LogP contribution in [0.15, 0.2) is 24.3 Å². The molecule has 3 nitrogen and oxygen atoms in total. The van der Waals surface area contributed by atoms with Crippen LogP contribution in [0.2, 0.25) is 0 Å². The first-order valence-electron chi connectivity index (χ1n) is 5.40. The molecule has 0 aliphatic carbocycles. The number of hydrogen-bond donors (Lipinski definition) is 1. The van der Waals surface area contributed by atoms with Crippen molar-refractivity contribution < 1.29 is 4.39 Å². The molecule has 1 saturated heterocycles. The van der Waals surface area contributed by atoms with Crippen LogP contribution in [0.4, 0.5) is 10.1 Å². The molecule has 1 aliphatic rings. The zero-order chi connectivity index (χ0) is 11.4. The van der Waals surface area contributed by atoms with E-state index in [9.17, 15) is 4.39 Å². The van der Waals surface area contributed by atoms with Crippen molar-refractivity contribution in [3.05, 3.63) is 30.1 Å². The maximum absolute atomic E-state index is 12.7. The highest BCUT2D eigenvalue weighted by Crippen LogP contribution is 2.20. The lowest BCUT2D eigenvalue weighted by Gasteiger charge is -2.18. The summed E-state index contributed by atoms with van der Waals surface area (Å²) in [5.41, 5.74) is 1.04. The number of halogens is 1. The van der Waals surface area contributed by atoms with Gasteiger partial charge in [-0.3, -0.25) is 5.32 Å². The van der Waals surface area contributed by atoms with Crippen molar-refractivity contribution in [3.63, 3.8) is 0 Å². The Kier molecular flexibility index (Phi) is 3.37. The minimum absolute atomic E-state index is 0.206. The zero-order valence-electron chi connectivity index (χ0n) is 8.99. The van der Waals surface area contributed by atoms with Crippen LogP contribution in [0.3, 0.4) is 0 Å². The van der Waals surface area contributed by atoms with Crippen molar-refractivity contribution in [1.82, 2.24) is 5.32 Å². The maximum Gasteiger partial charge on any atom is 0.123 e. The molecule has 0 spiro atoms. The van der Waals surface area contributed by atoms with Crippen molar-refractivity contribution >= 4 is 5.69 Å². The van der Waals surface area contributed by atoms with Crippen LogP contribution >= 0.6 is 0 Å². The number of nitrogens with one attached hydrogen (secondary N) is 1. The monoisotopic (exact) mass is 219 g/mol. The summed E-state index contributed by atoms with van der Waals surface area (Å²) in [6.45, 7) is 2.23. The molecule has 0 aromatic heterocycles. The Labute approximate surface area is 94.5 Å². The van der Waals surface area contributed by atoms with Gasteiger partial charge in [-0.15, -0.1) is 0 Å². The molecule has 16 heavy (non-hydrogen) atoms. The summed E-state index contributed by atoms with van der Waals surface area (Å²) in [5, 5.41) is 11.6. The SMILES string of the molecule is N#CCNC1CCN(c2ccc(F)cc2)C1. The van der Waals surface area contributed by atoms with E-state index in [4.69, 9.17) is 5.26 Å². The van der Waals surface area contributed by atoms with Gasteiger partial charge in [0.2, 0.25) is 0 Å². The molecular formula is C12H14FN3. The van der Waals surface area contributed by atoms with Gasteiger partial charge in [-0.25, -0.2) is 4.39 Å². The van der Waals surface area contributed by atoms with Crippen LogP contribution in [0.1, 0.15) is 6.42 Å². The topological polar surface area (TPSA) is 39.1 Å². The Bertz CT molecular complexity index is 382. The van der Waals surface area contributed by atoms with Gasteiger partial charge in [-0.2, -0.15) is 5.26 Å². The first-order chi connectivity index (χ1) is 7.79. The second-order valence-electron chi connectivity index (χ2n) is 3.95. The molecule has 2 rings (SSSR count). The van der Waals surface area contributed by atoms with Gasteiger partial charge in [0.05, 0.1) is 12.6 Å². The highest BCUT2D eigenvalue weighted by atomic mass is 19.1. The Morgan fingerprint density at radius 3 is 2.88 bits per heavy atom. The molecule has 0 saturated carbocycles. The smallest absolute Gasteiger partial charge is 0.123 e. The predicted octanol–water partition coefficient (Wildman–Crippen LogP) is 1.52. The Morgan fingerprint density at radius 2 is 2.19 bits per heavy atom. The number of nitrogens with zero attached hydrogens (tertiary/aromatic N) is 2. The van der Waals surface area contributed by atoms with Crippen molar-refractivity contribution in [2.75, 3.05) is 24.5 Å². The second kappa shape index (κ2) is 4.95. The molecule has 1 aliphatic heterocycles. The lowest BCUT2D eigenvalue weighted by atomic mass is 10.2. The predicted molar refractivity (Wildman–Crippen MR) is 60.6 cm³/mol. The molecule has 0 amide bonds. The first-order valence-corrected chi connectivity index (χ1v) is 5.40. The average molecular weight is 219 g/mol. The van der Waals surface area contributed by atoms with Gasteiger partial charge in [0.25, 0.3) is 0 Å². The lowest BCUT2D eigenvalue weighted by molar-refractivity contribution is 0.591. The van der Waals surface area contributed by atoms with Gasteiger partial charge in [0.1, 0.15) is 5.82 Å². The van der Waals surface area contributed by atoms with Gasteiger partial charge < -0.3 is 4.90 Å². The van der Waals surface area contributed by atoms with Gasteiger partial charge in [0.15, 0.2) is 0 Å². The second-order valence-corrected chi connectivity index (χ2v) is 3.95. The molecule has 1 aromatic rings. The van der Waals surface area contributed by atoms with Crippen molar-refractivity contribution in [2.24, 2.45) is 0 Å². The quantitative estimate of drug-likeness (QED) is 0.783. The van der Waals surface area contributed by atoms with Crippen molar-refractivity contribution in [2.45, 2.75) is 12.5 Å². The van der Waals surface area contributed by atoms with E-state index in [-0.39, 0.29) is 5.82 Å². The van der Waals surface area contributed by atoms with E-state index in [2.05, 4.69) is 16.3 Å². The third kappa shape index (κ3) is 2.50. The van der Waals surface area contributed by atoms with Gasteiger partial charge >= 0.3 is 0 Å². The first kappa shape index (κ1) is 10.9. The summed E-state index contributed by atoms with van der Waals surface area (Å²) in [5.74, 6) is -0.206. The molecular weight excluding hydrogens is 205 g/mol. The fourth-order valence-corrected chi connectivity index (χ4v) is 2.00. The fourth-order valence-electron chi connectivity index (χ4n) is 2.00. The molecule has 0 radical (unpaired) electrons. The molecule has 1 unspecified atom stereocenters. The van der Waals surface area contributed by atoms with Crippen LogP contribution in [0.5, 0.6) is 0 Å². The molecule has 1 N–H and O–H groups in total. The number of rotatable bonds is 3. The highest BCUT2D eigenvalue weighted by Gasteiger charge is 2.21. The summed E-state index contributed by atoms with van der Waals surface area (Å²) in [6, 6.07) is 8.99. The van der Waals surface area contributed by atoms with Crippen molar-refractivity contribution in [3.8, 4) is 6.07 Å². The minimum Gasteiger partial charge on any atom is -0.370 e. The summed E-state index contributed by atoms with van der Waals surface area (Å²) in [6.07, 6.45) is 1.03. The normalized spacial score (nSPS) is 19.8. The van der Waals surface area contributed by atoms with Crippen LogP contribution in [0.25, 0.3) is 0 Å². The van der Waals surface area contributed by atoms with E-state index in [1.807, 2.05) is 0 Å². The number of benzene rings is 1. The van der Waals surface area contributed by atoms with Crippen LogP contribution in [-0.2, 0) is 0 Å². The third-order valence-electron chi connectivity index (χ3n) is 2.85. The van der Waals surface area contributed by atoms with E-state index in [0.717, 1.165) is 25.2 Å². The average Bonchev–Trinajstić information content (AvgIpc) is 2.76. The number of anilines is 1. The molecule has 1 atom stereocenters. The van der Waals surface area contributed by atoms with Crippen LogP contribution in [-0.4, -0.2) is 25.7 Å². The Balaban J connectivity index is 1.93. The van der Waals surface area contributed by atoms with Gasteiger partial charge in [-0.05, 0) is 30.7 Å². The molecule has 1 fully saturated rings.